The van der Waals surface area contributed by atoms with E-state index in [4.69, 9.17) is 5.84 Å². The molecule has 0 spiro atoms. The molecule has 16 heavy (non-hydrogen) atoms. The third kappa shape index (κ3) is 3.13. The lowest BCUT2D eigenvalue weighted by Gasteiger charge is -2.19. The van der Waals surface area contributed by atoms with Crippen LogP contribution in [0.3, 0.4) is 0 Å². The van der Waals surface area contributed by atoms with E-state index in [0.717, 1.165) is 17.5 Å². The van der Waals surface area contributed by atoms with Crippen LogP contribution in [-0.2, 0) is 6.54 Å². The number of hydrogen-bond acceptors (Lipinski definition) is 6. The Labute approximate surface area is 100 Å². The van der Waals surface area contributed by atoms with E-state index in [1.54, 1.807) is 0 Å². The van der Waals surface area contributed by atoms with Crippen LogP contribution in [0.4, 0.5) is 5.13 Å². The van der Waals surface area contributed by atoms with Crippen molar-refractivity contribution in [3.63, 3.8) is 0 Å². The summed E-state index contributed by atoms with van der Waals surface area (Å²) in [7, 11) is 2.15. The summed E-state index contributed by atoms with van der Waals surface area (Å²) < 4.78 is 0. The van der Waals surface area contributed by atoms with Gasteiger partial charge in [0.25, 0.3) is 0 Å². The molecule has 0 bridgehead atoms. The van der Waals surface area contributed by atoms with Gasteiger partial charge < -0.3 is 0 Å². The van der Waals surface area contributed by atoms with Crippen LogP contribution < -0.4 is 11.3 Å². The van der Waals surface area contributed by atoms with E-state index >= 15 is 0 Å². The molecule has 0 aliphatic heterocycles. The molecule has 0 radical (unpaired) electrons. The minimum absolute atomic E-state index is 0.685. The van der Waals surface area contributed by atoms with Gasteiger partial charge in [-0.05, 0) is 25.8 Å². The molecule has 1 aliphatic rings. The number of nitrogen functional groups attached to an aromatic ring is 1. The summed E-state index contributed by atoms with van der Waals surface area (Å²) >= 11 is 1.52. The predicted octanol–water partition coefficient (Wildman–Crippen LogP) is 1.45. The smallest absolute Gasteiger partial charge is 0.219 e. The molecule has 1 heterocycles. The fourth-order valence-electron chi connectivity index (χ4n) is 2.30. The lowest BCUT2D eigenvalue weighted by molar-refractivity contribution is 0.270. The fraction of sp³-hybridized carbons (Fsp3) is 0.800. The van der Waals surface area contributed by atoms with Gasteiger partial charge in [0.2, 0.25) is 5.13 Å². The van der Waals surface area contributed by atoms with Gasteiger partial charge in [-0.3, -0.25) is 10.3 Å². The van der Waals surface area contributed by atoms with Crippen LogP contribution in [0.5, 0.6) is 0 Å². The SMILES string of the molecule is CN(Cc1nnc(NN)s1)CC1CCCC1. The first-order valence-electron chi connectivity index (χ1n) is 5.75. The third-order valence-corrected chi connectivity index (χ3v) is 3.88. The Morgan fingerprint density at radius 2 is 2.19 bits per heavy atom. The summed E-state index contributed by atoms with van der Waals surface area (Å²) in [6, 6.07) is 0. The van der Waals surface area contributed by atoms with Crippen LogP contribution in [0.2, 0.25) is 0 Å². The van der Waals surface area contributed by atoms with Crippen LogP contribution in [0, 0.1) is 5.92 Å². The number of nitrogens with two attached hydrogens (primary N) is 1. The van der Waals surface area contributed by atoms with Gasteiger partial charge in [-0.2, -0.15) is 0 Å². The molecule has 1 aromatic heterocycles. The molecule has 0 unspecified atom stereocenters. The van der Waals surface area contributed by atoms with Gasteiger partial charge in [-0.1, -0.05) is 24.2 Å². The van der Waals surface area contributed by atoms with E-state index in [0.29, 0.717) is 5.13 Å². The Hall–Kier alpha value is -0.720. The summed E-state index contributed by atoms with van der Waals surface area (Å²) in [6.45, 7) is 2.04. The second-order valence-electron chi connectivity index (χ2n) is 4.49. The minimum atomic E-state index is 0.685. The first kappa shape index (κ1) is 11.8. The molecular weight excluding hydrogens is 222 g/mol. The summed E-state index contributed by atoms with van der Waals surface area (Å²) in [5, 5.41) is 9.72. The van der Waals surface area contributed by atoms with E-state index in [1.165, 1.54) is 43.6 Å². The Bertz CT molecular complexity index is 321. The second-order valence-corrected chi connectivity index (χ2v) is 5.55. The first-order chi connectivity index (χ1) is 7.78. The van der Waals surface area contributed by atoms with E-state index in [9.17, 15) is 0 Å². The monoisotopic (exact) mass is 241 g/mol. The summed E-state index contributed by atoms with van der Waals surface area (Å²) in [4.78, 5) is 2.33. The highest BCUT2D eigenvalue weighted by Crippen LogP contribution is 2.25. The van der Waals surface area contributed by atoms with Gasteiger partial charge >= 0.3 is 0 Å². The third-order valence-electron chi connectivity index (χ3n) is 3.04. The second kappa shape index (κ2) is 5.56. The molecule has 90 valence electrons. The number of hydrogen-bond donors (Lipinski definition) is 2. The van der Waals surface area contributed by atoms with Gasteiger partial charge in [0.05, 0.1) is 6.54 Å². The van der Waals surface area contributed by atoms with Crippen LogP contribution in [0.1, 0.15) is 30.7 Å². The zero-order valence-corrected chi connectivity index (χ0v) is 10.5. The van der Waals surface area contributed by atoms with Crippen molar-refractivity contribution in [2.24, 2.45) is 11.8 Å². The van der Waals surface area contributed by atoms with Crippen molar-refractivity contribution in [2.45, 2.75) is 32.2 Å². The number of rotatable bonds is 5. The predicted molar refractivity (Wildman–Crippen MR) is 66.0 cm³/mol. The van der Waals surface area contributed by atoms with Crippen LogP contribution in [0.25, 0.3) is 0 Å². The topological polar surface area (TPSA) is 67.1 Å². The lowest BCUT2D eigenvalue weighted by atomic mass is 10.1. The molecule has 1 aromatic rings. The van der Waals surface area contributed by atoms with Crippen LogP contribution in [-0.4, -0.2) is 28.7 Å². The van der Waals surface area contributed by atoms with Crippen molar-refractivity contribution >= 4 is 16.5 Å². The average molecular weight is 241 g/mol. The molecular formula is C10H19N5S. The quantitative estimate of drug-likeness (QED) is 0.603. The zero-order valence-electron chi connectivity index (χ0n) is 9.65. The lowest BCUT2D eigenvalue weighted by Crippen LogP contribution is -2.23. The highest BCUT2D eigenvalue weighted by molar-refractivity contribution is 7.15. The number of nitrogens with zero attached hydrogens (tertiary/aromatic N) is 3. The van der Waals surface area contributed by atoms with Gasteiger partial charge in [0.1, 0.15) is 5.01 Å². The first-order valence-corrected chi connectivity index (χ1v) is 6.57. The standard InChI is InChI=1S/C10H19N5S/c1-15(6-8-4-2-3-5-8)7-9-13-14-10(12-11)16-9/h8H,2-7,11H2,1H3,(H,12,14). The number of anilines is 1. The molecule has 6 heteroatoms. The fourth-order valence-corrected chi connectivity index (χ4v) is 3.04. The molecule has 5 nitrogen and oxygen atoms in total. The molecule has 2 rings (SSSR count). The highest BCUT2D eigenvalue weighted by Gasteiger charge is 2.17. The highest BCUT2D eigenvalue weighted by atomic mass is 32.1. The minimum Gasteiger partial charge on any atom is -0.299 e. The molecule has 0 atom stereocenters. The molecule has 0 amide bonds. The Kier molecular flexibility index (Phi) is 4.09. The van der Waals surface area contributed by atoms with E-state index in [-0.39, 0.29) is 0 Å². The van der Waals surface area contributed by atoms with Crippen molar-refractivity contribution in [1.82, 2.24) is 15.1 Å². The van der Waals surface area contributed by atoms with Crippen LogP contribution >= 0.6 is 11.3 Å². The molecule has 3 N–H and O–H groups in total. The van der Waals surface area contributed by atoms with Gasteiger partial charge in [-0.15, -0.1) is 10.2 Å². The van der Waals surface area contributed by atoms with Crippen molar-refractivity contribution in [3.05, 3.63) is 5.01 Å². The van der Waals surface area contributed by atoms with Crippen molar-refractivity contribution in [2.75, 3.05) is 19.0 Å². The summed E-state index contributed by atoms with van der Waals surface area (Å²) in [5.74, 6) is 6.15. The number of nitrogens with one attached hydrogen (secondary N) is 1. The average Bonchev–Trinajstić information content (AvgIpc) is 2.89. The van der Waals surface area contributed by atoms with Crippen molar-refractivity contribution in [1.29, 1.82) is 0 Å². The van der Waals surface area contributed by atoms with Gasteiger partial charge in [-0.25, -0.2) is 5.84 Å². The van der Waals surface area contributed by atoms with Crippen LogP contribution in [0.15, 0.2) is 0 Å². The maximum atomic E-state index is 5.27. The van der Waals surface area contributed by atoms with Gasteiger partial charge in [0.15, 0.2) is 0 Å². The summed E-state index contributed by atoms with van der Waals surface area (Å²) in [6.07, 6.45) is 5.57. The maximum Gasteiger partial charge on any atom is 0.219 e. The number of hydrazine groups is 1. The van der Waals surface area contributed by atoms with Crippen molar-refractivity contribution < 1.29 is 0 Å². The van der Waals surface area contributed by atoms with E-state index in [1.807, 2.05) is 0 Å². The Morgan fingerprint density at radius 1 is 1.44 bits per heavy atom. The molecule has 1 saturated carbocycles. The zero-order chi connectivity index (χ0) is 11.4. The maximum absolute atomic E-state index is 5.27. The van der Waals surface area contributed by atoms with Crippen molar-refractivity contribution in [3.8, 4) is 0 Å². The Balaban J connectivity index is 1.79. The molecule has 0 saturated heterocycles. The van der Waals surface area contributed by atoms with Gasteiger partial charge in [0, 0.05) is 6.54 Å². The molecule has 1 fully saturated rings. The van der Waals surface area contributed by atoms with E-state index < -0.39 is 0 Å². The summed E-state index contributed by atoms with van der Waals surface area (Å²) in [5.41, 5.74) is 2.52. The normalized spacial score (nSPS) is 17.2. The van der Waals surface area contributed by atoms with E-state index in [2.05, 4.69) is 27.6 Å². The largest absolute Gasteiger partial charge is 0.299 e. The Morgan fingerprint density at radius 3 is 2.81 bits per heavy atom. The molecule has 1 aliphatic carbocycles. The number of aromatic nitrogens is 2. The molecule has 0 aromatic carbocycles.